The third-order valence-electron chi connectivity index (χ3n) is 3.65. The van der Waals surface area contributed by atoms with E-state index in [2.05, 4.69) is 34.3 Å². The SMILES string of the molecule is ClC1=NC(Cc2ccccc2)C(Cl)=NC1Cc1ccccc1. The zero-order chi connectivity index (χ0) is 15.4. The van der Waals surface area contributed by atoms with Crippen molar-refractivity contribution < 1.29 is 0 Å². The Morgan fingerprint density at radius 2 is 1.00 bits per heavy atom. The van der Waals surface area contributed by atoms with Gasteiger partial charge in [-0.1, -0.05) is 83.9 Å². The van der Waals surface area contributed by atoms with Crippen LogP contribution in [0.5, 0.6) is 0 Å². The first-order valence-corrected chi connectivity index (χ1v) is 8.02. The fourth-order valence-electron chi connectivity index (χ4n) is 2.51. The second kappa shape index (κ2) is 7.08. The van der Waals surface area contributed by atoms with Crippen LogP contribution in [0.15, 0.2) is 70.6 Å². The lowest BCUT2D eigenvalue weighted by atomic mass is 10.0. The molecule has 1 aliphatic heterocycles. The number of rotatable bonds is 4. The first-order chi connectivity index (χ1) is 10.7. The van der Waals surface area contributed by atoms with E-state index in [-0.39, 0.29) is 12.1 Å². The van der Waals surface area contributed by atoms with E-state index in [9.17, 15) is 0 Å². The van der Waals surface area contributed by atoms with Crippen LogP contribution in [0.3, 0.4) is 0 Å². The van der Waals surface area contributed by atoms with Gasteiger partial charge in [-0.3, -0.25) is 9.98 Å². The highest BCUT2D eigenvalue weighted by molar-refractivity contribution is 6.70. The monoisotopic (exact) mass is 330 g/mol. The van der Waals surface area contributed by atoms with Crippen LogP contribution in [0.2, 0.25) is 0 Å². The maximum absolute atomic E-state index is 6.34. The van der Waals surface area contributed by atoms with Crippen molar-refractivity contribution in [2.45, 2.75) is 24.9 Å². The molecule has 0 bridgehead atoms. The van der Waals surface area contributed by atoms with Gasteiger partial charge >= 0.3 is 0 Å². The molecule has 2 nitrogen and oxygen atoms in total. The highest BCUT2D eigenvalue weighted by atomic mass is 35.5. The molecule has 0 saturated heterocycles. The Kier molecular flexibility index (Phi) is 4.91. The van der Waals surface area contributed by atoms with Crippen LogP contribution in [-0.4, -0.2) is 22.4 Å². The highest BCUT2D eigenvalue weighted by Gasteiger charge is 2.25. The van der Waals surface area contributed by atoms with Gasteiger partial charge in [0.1, 0.15) is 22.4 Å². The maximum Gasteiger partial charge on any atom is 0.126 e. The van der Waals surface area contributed by atoms with Crippen LogP contribution in [-0.2, 0) is 12.8 Å². The van der Waals surface area contributed by atoms with Gasteiger partial charge in [-0.05, 0) is 11.1 Å². The van der Waals surface area contributed by atoms with Gasteiger partial charge in [0.05, 0.1) is 0 Å². The molecule has 2 unspecified atom stereocenters. The highest BCUT2D eigenvalue weighted by Crippen LogP contribution is 2.20. The Hall–Kier alpha value is -1.64. The first-order valence-electron chi connectivity index (χ1n) is 7.26. The maximum atomic E-state index is 6.34. The number of nitrogens with zero attached hydrogens (tertiary/aromatic N) is 2. The molecule has 4 heteroatoms. The van der Waals surface area contributed by atoms with E-state index >= 15 is 0 Å². The third-order valence-corrected chi connectivity index (χ3v) is 4.35. The normalized spacial score (nSPS) is 21.2. The van der Waals surface area contributed by atoms with Gasteiger partial charge in [-0.2, -0.15) is 0 Å². The quantitative estimate of drug-likeness (QED) is 0.788. The molecule has 2 atom stereocenters. The molecule has 0 amide bonds. The van der Waals surface area contributed by atoms with E-state index in [0.717, 1.165) is 12.8 Å². The summed E-state index contributed by atoms with van der Waals surface area (Å²) in [5.41, 5.74) is 2.35. The number of aliphatic imine (C=N–C) groups is 2. The van der Waals surface area contributed by atoms with Gasteiger partial charge in [-0.15, -0.1) is 0 Å². The minimum absolute atomic E-state index is 0.177. The van der Waals surface area contributed by atoms with Crippen LogP contribution in [0, 0.1) is 0 Å². The molecule has 22 heavy (non-hydrogen) atoms. The predicted molar refractivity (Wildman–Crippen MR) is 94.4 cm³/mol. The van der Waals surface area contributed by atoms with Crippen molar-refractivity contribution in [1.82, 2.24) is 0 Å². The Morgan fingerprint density at radius 1 is 0.636 bits per heavy atom. The lowest BCUT2D eigenvalue weighted by Crippen LogP contribution is -2.30. The lowest BCUT2D eigenvalue weighted by Gasteiger charge is -2.21. The average Bonchev–Trinajstić information content (AvgIpc) is 2.54. The first kappa shape index (κ1) is 15.3. The standard InChI is InChI=1S/C18H16Cl2N2/c19-17-15(11-13-7-3-1-4-8-13)21-18(20)16(22-17)12-14-9-5-2-6-10-14/h1-10,15-16H,11-12H2. The average molecular weight is 331 g/mol. The van der Waals surface area contributed by atoms with E-state index in [1.807, 2.05) is 36.4 Å². The van der Waals surface area contributed by atoms with Crippen molar-refractivity contribution in [2.24, 2.45) is 9.98 Å². The molecular weight excluding hydrogens is 315 g/mol. The van der Waals surface area contributed by atoms with Crippen LogP contribution in [0.4, 0.5) is 0 Å². The van der Waals surface area contributed by atoms with Gasteiger partial charge in [0, 0.05) is 12.8 Å². The van der Waals surface area contributed by atoms with Gasteiger partial charge in [0.25, 0.3) is 0 Å². The van der Waals surface area contributed by atoms with Gasteiger partial charge in [-0.25, -0.2) is 0 Å². The van der Waals surface area contributed by atoms with Gasteiger partial charge < -0.3 is 0 Å². The molecule has 2 aromatic rings. The number of benzene rings is 2. The van der Waals surface area contributed by atoms with Crippen molar-refractivity contribution in [3.8, 4) is 0 Å². The summed E-state index contributed by atoms with van der Waals surface area (Å²) in [6.45, 7) is 0. The Bertz CT molecular complexity index is 619. The van der Waals surface area contributed by atoms with Crippen LogP contribution >= 0.6 is 23.2 Å². The molecule has 0 aliphatic carbocycles. The molecule has 0 spiro atoms. The van der Waals surface area contributed by atoms with Crippen LogP contribution in [0.1, 0.15) is 11.1 Å². The molecule has 3 rings (SSSR count). The number of halogens is 2. The van der Waals surface area contributed by atoms with Crippen LogP contribution < -0.4 is 0 Å². The summed E-state index contributed by atoms with van der Waals surface area (Å²) in [6, 6.07) is 19.9. The molecule has 112 valence electrons. The second-order valence-corrected chi connectivity index (χ2v) is 6.09. The van der Waals surface area contributed by atoms with Crippen molar-refractivity contribution in [3.05, 3.63) is 71.8 Å². The predicted octanol–water partition coefficient (Wildman–Crippen LogP) is 4.50. The van der Waals surface area contributed by atoms with Crippen molar-refractivity contribution >= 4 is 33.5 Å². The smallest absolute Gasteiger partial charge is 0.126 e. The van der Waals surface area contributed by atoms with Crippen LogP contribution in [0.25, 0.3) is 0 Å². The van der Waals surface area contributed by atoms with E-state index in [4.69, 9.17) is 23.2 Å². The number of hydrogen-bond acceptors (Lipinski definition) is 2. The largest absolute Gasteiger partial charge is 0.264 e. The fraction of sp³-hybridized carbons (Fsp3) is 0.222. The Labute approximate surface area is 140 Å². The molecule has 1 heterocycles. The van der Waals surface area contributed by atoms with Crippen molar-refractivity contribution in [3.63, 3.8) is 0 Å². The van der Waals surface area contributed by atoms with Crippen molar-refractivity contribution in [1.29, 1.82) is 0 Å². The second-order valence-electron chi connectivity index (χ2n) is 5.31. The fourth-order valence-corrected chi connectivity index (χ4v) is 3.00. The summed E-state index contributed by atoms with van der Waals surface area (Å²) in [5.74, 6) is 0. The molecule has 0 radical (unpaired) electrons. The number of hydrogen-bond donors (Lipinski definition) is 0. The summed E-state index contributed by atoms with van der Waals surface area (Å²) in [5, 5.41) is 1.07. The van der Waals surface area contributed by atoms with E-state index in [1.54, 1.807) is 0 Å². The molecule has 0 aromatic heterocycles. The molecule has 0 N–H and O–H groups in total. The zero-order valence-corrected chi connectivity index (χ0v) is 13.5. The summed E-state index contributed by atoms with van der Waals surface area (Å²) in [7, 11) is 0. The molecule has 0 fully saturated rings. The lowest BCUT2D eigenvalue weighted by molar-refractivity contribution is 0.777. The summed E-state index contributed by atoms with van der Waals surface area (Å²) < 4.78 is 0. The van der Waals surface area contributed by atoms with Gasteiger partial charge in [0.2, 0.25) is 0 Å². The molecule has 1 aliphatic rings. The molecular formula is C18H16Cl2N2. The molecule has 0 saturated carbocycles. The Balaban J connectivity index is 1.72. The molecule has 2 aromatic carbocycles. The van der Waals surface area contributed by atoms with E-state index in [0.29, 0.717) is 10.3 Å². The van der Waals surface area contributed by atoms with Crippen molar-refractivity contribution in [2.75, 3.05) is 0 Å². The summed E-state index contributed by atoms with van der Waals surface area (Å²) in [4.78, 5) is 9.11. The zero-order valence-electron chi connectivity index (χ0n) is 12.0. The minimum Gasteiger partial charge on any atom is -0.264 e. The van der Waals surface area contributed by atoms with Gasteiger partial charge in [0.15, 0.2) is 0 Å². The third kappa shape index (κ3) is 3.76. The summed E-state index contributed by atoms with van der Waals surface area (Å²) >= 11 is 12.7. The summed E-state index contributed by atoms with van der Waals surface area (Å²) in [6.07, 6.45) is 1.44. The van der Waals surface area contributed by atoms with E-state index in [1.165, 1.54) is 11.1 Å². The Morgan fingerprint density at radius 3 is 1.36 bits per heavy atom. The topological polar surface area (TPSA) is 24.7 Å². The minimum atomic E-state index is -0.177. The van der Waals surface area contributed by atoms with E-state index < -0.39 is 0 Å².